The monoisotopic (exact) mass is 341 g/mol. The third kappa shape index (κ3) is 4.84. The van der Waals surface area contributed by atoms with Crippen LogP contribution < -0.4 is 4.74 Å². The van der Waals surface area contributed by atoms with Crippen LogP contribution in [0.25, 0.3) is 0 Å². The predicted octanol–water partition coefficient (Wildman–Crippen LogP) is 3.59. The molecular weight excluding hydrogens is 326 g/mol. The molecule has 0 atom stereocenters. The van der Waals surface area contributed by atoms with Crippen LogP contribution in [-0.4, -0.2) is 30.6 Å². The lowest BCUT2D eigenvalue weighted by molar-refractivity contribution is -0.141. The summed E-state index contributed by atoms with van der Waals surface area (Å²) < 4.78 is 9.95. The van der Waals surface area contributed by atoms with Crippen molar-refractivity contribution in [2.75, 3.05) is 13.7 Å². The highest BCUT2D eigenvalue weighted by Gasteiger charge is 2.09. The highest BCUT2D eigenvalue weighted by molar-refractivity contribution is 7.78. The minimum absolute atomic E-state index is 0.103. The number of hydrogen-bond acceptors (Lipinski definition) is 6. The van der Waals surface area contributed by atoms with Gasteiger partial charge in [-0.1, -0.05) is 0 Å². The number of rotatable bonds is 7. The van der Waals surface area contributed by atoms with Crippen LogP contribution in [0, 0.1) is 0 Å². The normalized spacial score (nSPS) is 9.71. The van der Waals surface area contributed by atoms with Crippen molar-refractivity contribution in [1.82, 2.24) is 0 Å². The number of aliphatic imine (C=N–C) groups is 1. The maximum absolute atomic E-state index is 12.4. The number of thiocarbonyl (C=S) groups is 1. The van der Waals surface area contributed by atoms with E-state index in [1.54, 1.807) is 48.5 Å². The lowest BCUT2D eigenvalue weighted by atomic mass is 10.0. The van der Waals surface area contributed by atoms with Crippen LogP contribution in [0.15, 0.2) is 53.5 Å². The Hall–Kier alpha value is -2.82. The summed E-state index contributed by atoms with van der Waals surface area (Å²) >= 11 is 4.54. The van der Waals surface area contributed by atoms with Crippen LogP contribution in [0.1, 0.15) is 22.3 Å². The molecule has 0 N–H and O–H groups in total. The average molecular weight is 341 g/mol. The molecule has 6 heteroatoms. The van der Waals surface area contributed by atoms with Gasteiger partial charge in [-0.25, -0.2) is 0 Å². The first-order valence-electron chi connectivity index (χ1n) is 7.16. The van der Waals surface area contributed by atoms with E-state index in [0.717, 1.165) is 0 Å². The second-order valence-corrected chi connectivity index (χ2v) is 4.96. The smallest absolute Gasteiger partial charge is 0.308 e. The van der Waals surface area contributed by atoms with Crippen molar-refractivity contribution < 1.29 is 19.1 Å². The predicted molar refractivity (Wildman–Crippen MR) is 93.1 cm³/mol. The van der Waals surface area contributed by atoms with Gasteiger partial charge in [0.2, 0.25) is 0 Å². The molecule has 0 unspecified atom stereocenters. The summed E-state index contributed by atoms with van der Waals surface area (Å²) in [6.45, 7) is 0.224. The van der Waals surface area contributed by atoms with Crippen molar-refractivity contribution >= 4 is 34.8 Å². The van der Waals surface area contributed by atoms with Gasteiger partial charge in [0.05, 0.1) is 31.0 Å². The standard InChI is InChI=1S/C18H15NO4S/c1-22-17(20)10-11-23-16-8-4-14(5-9-16)18(21)13-2-6-15(7-3-13)19-12-24/h2-9H,10-11H2,1H3. The SMILES string of the molecule is COC(=O)CCOc1ccc(C(=O)c2ccc(N=C=S)cc2)cc1. The molecule has 0 aliphatic heterocycles. The summed E-state index contributed by atoms with van der Waals surface area (Å²) in [5.74, 6) is 0.151. The molecular formula is C18H15NO4S. The zero-order valence-corrected chi connectivity index (χ0v) is 13.8. The Morgan fingerprint density at radius 3 is 2.17 bits per heavy atom. The summed E-state index contributed by atoms with van der Waals surface area (Å²) in [7, 11) is 1.33. The number of ether oxygens (including phenoxy) is 2. The number of ketones is 1. The van der Waals surface area contributed by atoms with E-state index in [9.17, 15) is 9.59 Å². The molecule has 0 spiro atoms. The third-order valence-corrected chi connectivity index (χ3v) is 3.31. The number of isothiocyanates is 1. The molecule has 24 heavy (non-hydrogen) atoms. The first kappa shape index (κ1) is 17.5. The van der Waals surface area contributed by atoms with Crippen LogP contribution in [0.4, 0.5) is 5.69 Å². The van der Waals surface area contributed by atoms with Gasteiger partial charge in [-0.3, -0.25) is 9.59 Å². The van der Waals surface area contributed by atoms with Crippen molar-refractivity contribution in [2.45, 2.75) is 6.42 Å². The van der Waals surface area contributed by atoms with Gasteiger partial charge in [-0.05, 0) is 60.7 Å². The third-order valence-electron chi connectivity index (χ3n) is 3.22. The number of hydrogen-bond donors (Lipinski definition) is 0. The van der Waals surface area contributed by atoms with Gasteiger partial charge in [0, 0.05) is 11.1 Å². The molecule has 0 saturated heterocycles. The van der Waals surface area contributed by atoms with Crippen molar-refractivity contribution in [3.05, 3.63) is 59.7 Å². The van der Waals surface area contributed by atoms with Crippen LogP contribution in [0.2, 0.25) is 0 Å². The fraction of sp³-hybridized carbons (Fsp3) is 0.167. The molecule has 2 aromatic rings. The molecule has 0 radical (unpaired) electrons. The van der Waals surface area contributed by atoms with Gasteiger partial charge in [0.1, 0.15) is 5.75 Å². The Labute approximate surface area is 144 Å². The van der Waals surface area contributed by atoms with Gasteiger partial charge in [0.25, 0.3) is 0 Å². The van der Waals surface area contributed by atoms with E-state index in [1.807, 2.05) is 0 Å². The molecule has 122 valence electrons. The second kappa shape index (κ2) is 8.72. The lowest BCUT2D eigenvalue weighted by Gasteiger charge is -2.06. The Balaban J connectivity index is 2.00. The maximum atomic E-state index is 12.4. The minimum atomic E-state index is -0.330. The van der Waals surface area contributed by atoms with Crippen molar-refractivity contribution in [2.24, 2.45) is 4.99 Å². The fourth-order valence-electron chi connectivity index (χ4n) is 1.96. The number of carbonyl (C=O) groups is 2. The molecule has 0 bridgehead atoms. The van der Waals surface area contributed by atoms with Crippen molar-refractivity contribution in [3.8, 4) is 5.75 Å². The molecule has 2 aromatic carbocycles. The van der Waals surface area contributed by atoms with Crippen molar-refractivity contribution in [1.29, 1.82) is 0 Å². The number of esters is 1. The first-order chi connectivity index (χ1) is 11.6. The van der Waals surface area contributed by atoms with Crippen molar-refractivity contribution in [3.63, 3.8) is 0 Å². The maximum Gasteiger partial charge on any atom is 0.308 e. The van der Waals surface area contributed by atoms with E-state index in [1.165, 1.54) is 7.11 Å². The Kier molecular flexibility index (Phi) is 6.37. The van der Waals surface area contributed by atoms with Gasteiger partial charge in [-0.2, -0.15) is 4.99 Å². The molecule has 0 aromatic heterocycles. The van der Waals surface area contributed by atoms with Crippen LogP contribution >= 0.6 is 12.2 Å². The highest BCUT2D eigenvalue weighted by Crippen LogP contribution is 2.18. The van der Waals surface area contributed by atoms with Gasteiger partial charge in [0.15, 0.2) is 5.78 Å². The number of nitrogens with zero attached hydrogens (tertiary/aromatic N) is 1. The quantitative estimate of drug-likeness (QED) is 0.333. The summed E-state index contributed by atoms with van der Waals surface area (Å²) in [5.41, 5.74) is 1.75. The lowest BCUT2D eigenvalue weighted by Crippen LogP contribution is -2.07. The zero-order chi connectivity index (χ0) is 17.4. The molecule has 0 heterocycles. The molecule has 2 rings (SSSR count). The second-order valence-electron chi connectivity index (χ2n) is 4.78. The van der Waals surface area contributed by atoms with Gasteiger partial charge < -0.3 is 9.47 Å². The number of benzene rings is 2. The number of methoxy groups -OCH3 is 1. The van der Waals surface area contributed by atoms with Crippen LogP contribution in [0.3, 0.4) is 0 Å². The Bertz CT molecular complexity index is 763. The van der Waals surface area contributed by atoms with Gasteiger partial charge in [-0.15, -0.1) is 0 Å². The molecule has 0 aliphatic rings. The van der Waals surface area contributed by atoms with E-state index in [2.05, 4.69) is 27.1 Å². The Morgan fingerprint density at radius 1 is 1.04 bits per heavy atom. The molecule has 0 fully saturated rings. The molecule has 0 saturated carbocycles. The van der Waals surface area contributed by atoms with E-state index in [0.29, 0.717) is 22.6 Å². The van der Waals surface area contributed by atoms with Gasteiger partial charge >= 0.3 is 5.97 Å². The average Bonchev–Trinajstić information content (AvgIpc) is 2.62. The number of carbonyl (C=O) groups excluding carboxylic acids is 2. The van der Waals surface area contributed by atoms with Crippen LogP contribution in [-0.2, 0) is 9.53 Å². The topological polar surface area (TPSA) is 65.0 Å². The summed E-state index contributed by atoms with van der Waals surface area (Å²) in [4.78, 5) is 27.2. The van der Waals surface area contributed by atoms with E-state index >= 15 is 0 Å². The molecule has 0 aliphatic carbocycles. The summed E-state index contributed by atoms with van der Waals surface area (Å²) in [5, 5.41) is 2.28. The molecule has 5 nitrogen and oxygen atoms in total. The zero-order valence-electron chi connectivity index (χ0n) is 13.0. The summed E-state index contributed by atoms with van der Waals surface area (Å²) in [6.07, 6.45) is 0.174. The van der Waals surface area contributed by atoms with E-state index in [-0.39, 0.29) is 24.8 Å². The highest BCUT2D eigenvalue weighted by atomic mass is 32.1. The van der Waals surface area contributed by atoms with Crippen LogP contribution in [0.5, 0.6) is 5.75 Å². The van der Waals surface area contributed by atoms with E-state index < -0.39 is 0 Å². The first-order valence-corrected chi connectivity index (χ1v) is 7.57. The summed E-state index contributed by atoms with van der Waals surface area (Å²) in [6, 6.07) is 13.5. The van der Waals surface area contributed by atoms with E-state index in [4.69, 9.17) is 4.74 Å². The Morgan fingerprint density at radius 2 is 1.62 bits per heavy atom. The minimum Gasteiger partial charge on any atom is -0.493 e. The fourth-order valence-corrected chi connectivity index (χ4v) is 2.07. The largest absolute Gasteiger partial charge is 0.493 e. The molecule has 0 amide bonds.